The van der Waals surface area contributed by atoms with E-state index in [1.165, 1.54) is 18.2 Å². The Labute approximate surface area is 166 Å². The molecule has 0 radical (unpaired) electrons. The molecule has 0 saturated carbocycles. The van der Waals surface area contributed by atoms with Crippen LogP contribution in [0.15, 0.2) is 72.8 Å². The summed E-state index contributed by atoms with van der Waals surface area (Å²) >= 11 is 0. The molecule has 3 aromatic carbocycles. The number of benzene rings is 3. The van der Waals surface area contributed by atoms with Crippen LogP contribution in [0.1, 0.15) is 16.7 Å². The lowest BCUT2D eigenvalue weighted by atomic mass is 9.99. The minimum absolute atomic E-state index is 0.100. The Morgan fingerprint density at radius 3 is 2.55 bits per heavy atom. The number of nitrogens with one attached hydrogen (secondary N) is 2. The number of hydrogen-bond donors (Lipinski definition) is 2. The Morgan fingerprint density at radius 1 is 1.03 bits per heavy atom. The summed E-state index contributed by atoms with van der Waals surface area (Å²) in [6.45, 7) is 0. The maximum Gasteiger partial charge on any atom is 0.270 e. The molecule has 0 saturated heterocycles. The Hall–Kier alpha value is -4.44. The highest BCUT2D eigenvalue weighted by atomic mass is 16.6. The molecule has 29 heavy (non-hydrogen) atoms. The van der Waals surface area contributed by atoms with Crippen molar-refractivity contribution in [1.29, 1.82) is 5.26 Å². The number of carbonyl (C=O) groups excluding carboxylic acids is 1. The summed E-state index contributed by atoms with van der Waals surface area (Å²) in [5, 5.41) is 26.4. The first-order valence-corrected chi connectivity index (χ1v) is 8.74. The maximum atomic E-state index is 12.8. The number of carbonyl (C=O) groups is 1. The number of rotatable bonds is 4. The van der Waals surface area contributed by atoms with E-state index in [0.717, 1.165) is 5.56 Å². The first-order chi connectivity index (χ1) is 14.1. The van der Waals surface area contributed by atoms with E-state index < -0.39 is 4.92 Å². The fraction of sp³-hybridized carbons (Fsp3) is 0. The lowest BCUT2D eigenvalue weighted by Gasteiger charge is -2.15. The van der Waals surface area contributed by atoms with Crippen molar-refractivity contribution < 1.29 is 9.72 Å². The van der Waals surface area contributed by atoms with Gasteiger partial charge in [-0.3, -0.25) is 14.9 Å². The lowest BCUT2D eigenvalue weighted by molar-refractivity contribution is -0.384. The molecule has 0 unspecified atom stereocenters. The molecule has 4 rings (SSSR count). The Balaban J connectivity index is 1.93. The van der Waals surface area contributed by atoms with E-state index in [9.17, 15) is 14.9 Å². The van der Waals surface area contributed by atoms with Gasteiger partial charge in [-0.2, -0.15) is 5.26 Å². The van der Waals surface area contributed by atoms with Crippen molar-refractivity contribution in [3.63, 3.8) is 0 Å². The molecule has 2 N–H and O–H groups in total. The molecule has 0 fully saturated rings. The van der Waals surface area contributed by atoms with Gasteiger partial charge in [0, 0.05) is 29.1 Å². The van der Waals surface area contributed by atoms with Crippen LogP contribution in [-0.2, 0) is 4.79 Å². The van der Waals surface area contributed by atoms with E-state index in [1.54, 1.807) is 24.3 Å². The maximum absolute atomic E-state index is 12.8. The number of non-ortho nitro benzene ring substituents is 1. The fourth-order valence-electron chi connectivity index (χ4n) is 3.21. The Morgan fingerprint density at radius 2 is 1.83 bits per heavy atom. The topological polar surface area (TPSA) is 108 Å². The van der Waals surface area contributed by atoms with E-state index in [1.807, 2.05) is 30.3 Å². The quantitative estimate of drug-likeness (QED) is 0.395. The molecular weight excluding hydrogens is 368 g/mol. The van der Waals surface area contributed by atoms with Crippen LogP contribution in [0.5, 0.6) is 0 Å². The standard InChI is InChI=1S/C22H14N4O3/c23-13-14-5-4-8-16(11-14)24-21(15-6-2-1-3-7-15)20-18-12-17(26(28)29)9-10-19(18)25-22(20)27/h1-12,24H,(H,25,27). The first kappa shape index (κ1) is 17.9. The second-order valence-corrected chi connectivity index (χ2v) is 6.37. The third kappa shape index (κ3) is 3.42. The summed E-state index contributed by atoms with van der Waals surface area (Å²) in [6.07, 6.45) is 0. The van der Waals surface area contributed by atoms with E-state index in [0.29, 0.717) is 33.8 Å². The predicted octanol–water partition coefficient (Wildman–Crippen LogP) is 4.40. The number of anilines is 2. The highest BCUT2D eigenvalue weighted by Crippen LogP contribution is 2.39. The van der Waals surface area contributed by atoms with E-state index in [4.69, 9.17) is 5.26 Å². The number of fused-ring (bicyclic) bond motifs is 1. The van der Waals surface area contributed by atoms with Crippen molar-refractivity contribution in [1.82, 2.24) is 0 Å². The van der Waals surface area contributed by atoms with Crippen molar-refractivity contribution in [2.75, 3.05) is 10.6 Å². The summed E-state index contributed by atoms with van der Waals surface area (Å²) in [5.74, 6) is -0.358. The van der Waals surface area contributed by atoms with E-state index in [-0.39, 0.29) is 11.6 Å². The second-order valence-electron chi connectivity index (χ2n) is 6.37. The summed E-state index contributed by atoms with van der Waals surface area (Å²) < 4.78 is 0. The van der Waals surface area contributed by atoms with Crippen LogP contribution in [0, 0.1) is 21.4 Å². The van der Waals surface area contributed by atoms with Crippen molar-refractivity contribution in [2.45, 2.75) is 0 Å². The van der Waals surface area contributed by atoms with E-state index in [2.05, 4.69) is 16.7 Å². The van der Waals surface area contributed by atoms with Crippen molar-refractivity contribution in [2.24, 2.45) is 0 Å². The minimum atomic E-state index is -0.493. The summed E-state index contributed by atoms with van der Waals surface area (Å²) in [7, 11) is 0. The van der Waals surface area contributed by atoms with Crippen molar-refractivity contribution >= 4 is 34.2 Å². The monoisotopic (exact) mass is 382 g/mol. The van der Waals surface area contributed by atoms with Gasteiger partial charge in [0.2, 0.25) is 0 Å². The van der Waals surface area contributed by atoms with Crippen LogP contribution in [-0.4, -0.2) is 10.8 Å². The zero-order chi connectivity index (χ0) is 20.4. The third-order valence-electron chi connectivity index (χ3n) is 4.53. The Kier molecular flexibility index (Phi) is 4.51. The molecule has 3 aromatic rings. The number of hydrogen-bond acceptors (Lipinski definition) is 5. The van der Waals surface area contributed by atoms with Gasteiger partial charge in [-0.05, 0) is 29.8 Å². The van der Waals surface area contributed by atoms with Gasteiger partial charge in [0.15, 0.2) is 0 Å². The normalized spacial score (nSPS) is 13.8. The number of amides is 1. The predicted molar refractivity (Wildman–Crippen MR) is 110 cm³/mol. The zero-order valence-electron chi connectivity index (χ0n) is 15.0. The van der Waals surface area contributed by atoms with Crippen LogP contribution in [0.4, 0.5) is 17.1 Å². The van der Waals surface area contributed by atoms with Gasteiger partial charge in [-0.15, -0.1) is 0 Å². The van der Waals surface area contributed by atoms with Gasteiger partial charge in [-0.1, -0.05) is 36.4 Å². The largest absolute Gasteiger partial charge is 0.354 e. The smallest absolute Gasteiger partial charge is 0.270 e. The second kappa shape index (κ2) is 7.29. The molecule has 7 heteroatoms. The van der Waals surface area contributed by atoms with E-state index >= 15 is 0 Å². The molecule has 1 aliphatic rings. The van der Waals surface area contributed by atoms with Gasteiger partial charge < -0.3 is 10.6 Å². The number of nitro groups is 1. The molecule has 0 bridgehead atoms. The molecule has 140 valence electrons. The van der Waals surface area contributed by atoms with Gasteiger partial charge in [0.1, 0.15) is 0 Å². The molecule has 0 aliphatic carbocycles. The molecule has 0 aromatic heterocycles. The highest BCUT2D eigenvalue weighted by Gasteiger charge is 2.30. The molecule has 1 amide bonds. The number of nitro benzene ring substituents is 1. The van der Waals surface area contributed by atoms with Crippen LogP contribution >= 0.6 is 0 Å². The Bertz CT molecular complexity index is 1210. The molecule has 1 aliphatic heterocycles. The molecule has 1 heterocycles. The molecule has 0 atom stereocenters. The molecule has 7 nitrogen and oxygen atoms in total. The van der Waals surface area contributed by atoms with Gasteiger partial charge in [0.05, 0.1) is 27.8 Å². The van der Waals surface area contributed by atoms with Gasteiger partial charge in [-0.25, -0.2) is 0 Å². The number of nitrogens with zero attached hydrogens (tertiary/aromatic N) is 2. The molecular formula is C22H14N4O3. The highest BCUT2D eigenvalue weighted by molar-refractivity contribution is 6.37. The zero-order valence-corrected chi connectivity index (χ0v) is 15.0. The van der Waals surface area contributed by atoms with Gasteiger partial charge >= 0.3 is 0 Å². The SMILES string of the molecule is N#Cc1cccc(NC(=C2C(=O)Nc3ccc([N+](=O)[O-])cc32)c2ccccc2)c1. The number of nitriles is 1. The van der Waals surface area contributed by atoms with Crippen LogP contribution in [0.25, 0.3) is 11.3 Å². The van der Waals surface area contributed by atoms with Crippen LogP contribution in [0.2, 0.25) is 0 Å². The average Bonchev–Trinajstić information content (AvgIpc) is 3.07. The van der Waals surface area contributed by atoms with Crippen molar-refractivity contribution in [3.8, 4) is 6.07 Å². The lowest BCUT2D eigenvalue weighted by Crippen LogP contribution is -2.10. The summed E-state index contributed by atoms with van der Waals surface area (Å²) in [5.41, 5.74) is 3.50. The summed E-state index contributed by atoms with van der Waals surface area (Å²) in [6, 6.07) is 22.4. The first-order valence-electron chi connectivity index (χ1n) is 8.74. The minimum Gasteiger partial charge on any atom is -0.354 e. The van der Waals surface area contributed by atoms with Crippen LogP contribution in [0.3, 0.4) is 0 Å². The molecule has 0 spiro atoms. The summed E-state index contributed by atoms with van der Waals surface area (Å²) in [4.78, 5) is 23.5. The third-order valence-corrected chi connectivity index (χ3v) is 4.53. The van der Waals surface area contributed by atoms with Gasteiger partial charge in [0.25, 0.3) is 11.6 Å². The van der Waals surface area contributed by atoms with Crippen LogP contribution < -0.4 is 10.6 Å². The fourth-order valence-corrected chi connectivity index (χ4v) is 3.21. The average molecular weight is 382 g/mol. The van der Waals surface area contributed by atoms with Crippen molar-refractivity contribution in [3.05, 3.63) is 99.6 Å².